The average molecular weight is 423 g/mol. The summed E-state index contributed by atoms with van der Waals surface area (Å²) in [5.74, 6) is -1.65. The highest BCUT2D eigenvalue weighted by atomic mass is 32.1. The van der Waals surface area contributed by atoms with E-state index >= 15 is 0 Å². The molecule has 5 atom stereocenters. The van der Waals surface area contributed by atoms with Crippen LogP contribution >= 0.6 is 11.3 Å². The van der Waals surface area contributed by atoms with Crippen molar-refractivity contribution in [2.75, 3.05) is 13.7 Å². The van der Waals surface area contributed by atoms with Crippen molar-refractivity contribution < 1.29 is 29.9 Å². The van der Waals surface area contributed by atoms with Crippen LogP contribution in [0.1, 0.15) is 39.8 Å². The molecule has 1 aliphatic rings. The first-order valence-corrected chi connectivity index (χ1v) is 10.7. The van der Waals surface area contributed by atoms with Crippen molar-refractivity contribution in [1.82, 2.24) is 0 Å². The second-order valence-corrected chi connectivity index (χ2v) is 8.73. The third kappa shape index (κ3) is 4.27. The van der Waals surface area contributed by atoms with Gasteiger partial charge in [-0.25, -0.2) is 0 Å². The molecular formula is C22H30O6S. The van der Waals surface area contributed by atoms with E-state index in [9.17, 15) is 20.4 Å². The van der Waals surface area contributed by atoms with E-state index < -0.39 is 36.8 Å². The number of aliphatic hydroxyl groups excluding tert-OH is 4. The molecule has 1 aromatic heterocycles. The summed E-state index contributed by atoms with van der Waals surface area (Å²) in [5.41, 5.74) is 3.53. The van der Waals surface area contributed by atoms with Crippen molar-refractivity contribution in [2.24, 2.45) is 0 Å². The van der Waals surface area contributed by atoms with Crippen molar-refractivity contribution in [1.29, 1.82) is 0 Å². The van der Waals surface area contributed by atoms with Crippen LogP contribution in [-0.2, 0) is 28.1 Å². The van der Waals surface area contributed by atoms with Gasteiger partial charge in [0.25, 0.3) is 0 Å². The molecule has 4 N–H and O–H groups in total. The summed E-state index contributed by atoms with van der Waals surface area (Å²) in [6.45, 7) is 3.64. The Balaban J connectivity index is 1.89. The number of hydrogen-bond donors (Lipinski definition) is 4. The molecule has 2 heterocycles. The van der Waals surface area contributed by atoms with Gasteiger partial charge in [-0.3, -0.25) is 0 Å². The Kier molecular flexibility index (Phi) is 7.11. The topological polar surface area (TPSA) is 99.4 Å². The van der Waals surface area contributed by atoms with Crippen LogP contribution in [0.15, 0.2) is 30.3 Å². The highest BCUT2D eigenvalue weighted by Crippen LogP contribution is 2.43. The zero-order chi connectivity index (χ0) is 21.2. The number of aryl methyl sites for hydroxylation is 2. The number of hydrogen-bond acceptors (Lipinski definition) is 7. The first-order valence-electron chi connectivity index (χ1n) is 9.91. The summed E-state index contributed by atoms with van der Waals surface area (Å²) < 4.78 is 11.3. The van der Waals surface area contributed by atoms with Crippen molar-refractivity contribution >= 4 is 11.3 Å². The van der Waals surface area contributed by atoms with E-state index in [1.807, 2.05) is 13.0 Å². The number of benzene rings is 1. The summed E-state index contributed by atoms with van der Waals surface area (Å²) in [7, 11) is 1.38. The summed E-state index contributed by atoms with van der Waals surface area (Å²) in [5, 5.41) is 40.5. The standard InChI is InChI=1S/C22H30O6S/c1-4-5-14-6-8-15(9-7-14)11-17-13(2)10-18(29-17)22(27-3)21(26)20(25)19(24)16(12-23)28-22/h6-10,16,19-21,23-26H,4-5,11-12H2,1-3H3/t16-,19-,20+,21-,22?/m1/s1. The minimum Gasteiger partial charge on any atom is -0.394 e. The van der Waals surface area contributed by atoms with Gasteiger partial charge in [-0.05, 0) is 36.1 Å². The smallest absolute Gasteiger partial charge is 0.234 e. The van der Waals surface area contributed by atoms with Gasteiger partial charge in [0.05, 0.1) is 11.5 Å². The van der Waals surface area contributed by atoms with E-state index in [0.717, 1.165) is 29.7 Å². The lowest BCUT2D eigenvalue weighted by molar-refractivity contribution is -0.364. The zero-order valence-electron chi connectivity index (χ0n) is 17.0. The number of aliphatic hydroxyl groups is 4. The van der Waals surface area contributed by atoms with Crippen molar-refractivity contribution in [3.05, 3.63) is 56.8 Å². The highest BCUT2D eigenvalue weighted by molar-refractivity contribution is 7.12. The van der Waals surface area contributed by atoms with Crippen LogP contribution < -0.4 is 0 Å². The number of methoxy groups -OCH3 is 1. The molecule has 3 rings (SSSR count). The lowest BCUT2D eigenvalue weighted by Gasteiger charge is -2.46. The quantitative estimate of drug-likeness (QED) is 0.544. The molecule has 0 bridgehead atoms. The Morgan fingerprint density at radius 3 is 2.34 bits per heavy atom. The van der Waals surface area contributed by atoms with Crippen LogP contribution in [-0.4, -0.2) is 58.6 Å². The largest absolute Gasteiger partial charge is 0.394 e. The fourth-order valence-electron chi connectivity index (χ4n) is 3.78. The van der Waals surface area contributed by atoms with Crippen molar-refractivity contribution in [3.63, 3.8) is 0 Å². The number of rotatable bonds is 7. The number of ether oxygens (including phenoxy) is 2. The maximum atomic E-state index is 10.7. The molecule has 0 aliphatic carbocycles. The molecule has 0 spiro atoms. The van der Waals surface area contributed by atoms with Gasteiger partial charge in [0, 0.05) is 18.4 Å². The van der Waals surface area contributed by atoms with Gasteiger partial charge in [-0.2, -0.15) is 0 Å². The molecular weight excluding hydrogens is 392 g/mol. The molecule has 0 radical (unpaired) electrons. The molecule has 1 aromatic carbocycles. The first kappa shape index (κ1) is 22.4. The van der Waals surface area contributed by atoms with Crippen LogP contribution in [0, 0.1) is 6.92 Å². The summed E-state index contributed by atoms with van der Waals surface area (Å²) in [4.78, 5) is 1.68. The normalized spacial score (nSPS) is 29.9. The molecule has 0 amide bonds. The Morgan fingerprint density at radius 1 is 1.10 bits per heavy atom. The molecule has 1 saturated heterocycles. The van der Waals surface area contributed by atoms with Gasteiger partial charge in [-0.1, -0.05) is 37.6 Å². The Hall–Kier alpha value is -1.32. The van der Waals surface area contributed by atoms with E-state index in [-0.39, 0.29) is 0 Å². The molecule has 2 aromatic rings. The molecule has 1 aliphatic heterocycles. The predicted octanol–water partition coefficient (Wildman–Crippen LogP) is 1.87. The lowest BCUT2D eigenvalue weighted by Crippen LogP contribution is -2.64. The van der Waals surface area contributed by atoms with Gasteiger partial charge < -0.3 is 29.9 Å². The highest BCUT2D eigenvalue weighted by Gasteiger charge is 2.55. The van der Waals surface area contributed by atoms with E-state index in [0.29, 0.717) is 4.88 Å². The molecule has 29 heavy (non-hydrogen) atoms. The van der Waals surface area contributed by atoms with Crippen molar-refractivity contribution in [3.8, 4) is 0 Å². The first-order chi connectivity index (χ1) is 13.9. The third-order valence-electron chi connectivity index (χ3n) is 5.54. The lowest BCUT2D eigenvalue weighted by atomic mass is 9.91. The Labute approximate surface area is 175 Å². The molecule has 160 valence electrons. The van der Waals surface area contributed by atoms with Crippen LogP contribution in [0.2, 0.25) is 0 Å². The average Bonchev–Trinajstić information content (AvgIpc) is 3.09. The second kappa shape index (κ2) is 9.22. The van der Waals surface area contributed by atoms with Gasteiger partial charge in [0.2, 0.25) is 5.79 Å². The van der Waals surface area contributed by atoms with Crippen LogP contribution in [0.5, 0.6) is 0 Å². The molecule has 0 saturated carbocycles. The van der Waals surface area contributed by atoms with Gasteiger partial charge in [-0.15, -0.1) is 11.3 Å². The molecule has 1 unspecified atom stereocenters. The second-order valence-electron chi connectivity index (χ2n) is 7.60. The Morgan fingerprint density at radius 2 is 1.76 bits per heavy atom. The minimum atomic E-state index is -1.65. The molecule has 7 heteroatoms. The maximum Gasteiger partial charge on any atom is 0.234 e. The fourth-order valence-corrected chi connectivity index (χ4v) is 5.13. The summed E-state index contributed by atoms with van der Waals surface area (Å²) in [6.07, 6.45) is -2.56. The van der Waals surface area contributed by atoms with Crippen LogP contribution in [0.4, 0.5) is 0 Å². The third-order valence-corrected chi connectivity index (χ3v) is 6.88. The van der Waals surface area contributed by atoms with E-state index in [2.05, 4.69) is 31.2 Å². The van der Waals surface area contributed by atoms with Gasteiger partial charge in [0.1, 0.15) is 24.4 Å². The van der Waals surface area contributed by atoms with Gasteiger partial charge in [0.15, 0.2) is 0 Å². The predicted molar refractivity (Wildman–Crippen MR) is 111 cm³/mol. The monoisotopic (exact) mass is 422 g/mol. The summed E-state index contributed by atoms with van der Waals surface area (Å²) >= 11 is 1.43. The minimum absolute atomic E-state index is 0.503. The molecule has 1 fully saturated rings. The molecule has 6 nitrogen and oxygen atoms in total. The van der Waals surface area contributed by atoms with Crippen molar-refractivity contribution in [2.45, 2.75) is 63.3 Å². The maximum absolute atomic E-state index is 10.7. The summed E-state index contributed by atoms with van der Waals surface area (Å²) in [6, 6.07) is 10.4. The Bertz CT molecular complexity index is 802. The van der Waals surface area contributed by atoms with E-state index in [1.165, 1.54) is 29.6 Å². The zero-order valence-corrected chi connectivity index (χ0v) is 17.9. The van der Waals surface area contributed by atoms with E-state index in [4.69, 9.17) is 9.47 Å². The van der Waals surface area contributed by atoms with E-state index in [1.54, 1.807) is 0 Å². The number of thiophene rings is 1. The fraction of sp³-hybridized carbons (Fsp3) is 0.545. The van der Waals surface area contributed by atoms with Gasteiger partial charge >= 0.3 is 0 Å². The van der Waals surface area contributed by atoms with Crippen LogP contribution in [0.3, 0.4) is 0 Å². The SMILES string of the molecule is CCCc1ccc(Cc2sc(C3(OC)O[C@H](CO)[C@@H](O)[C@H](O)[C@H]3O)cc2C)cc1. The van der Waals surface area contributed by atoms with Crippen LogP contribution in [0.25, 0.3) is 0 Å².